The molecule has 2 aromatic rings. The van der Waals surface area contributed by atoms with E-state index in [-0.39, 0.29) is 29.9 Å². The Morgan fingerprint density at radius 2 is 2.04 bits per heavy atom. The first-order valence-corrected chi connectivity index (χ1v) is 7.53. The summed E-state index contributed by atoms with van der Waals surface area (Å²) in [6.07, 6.45) is -3.81. The van der Waals surface area contributed by atoms with Crippen molar-refractivity contribution in [2.24, 2.45) is 5.92 Å². The fraction of sp³-hybridized carbons (Fsp3) is 0.353. The summed E-state index contributed by atoms with van der Waals surface area (Å²) in [6, 6.07) is 8.32. The Morgan fingerprint density at radius 1 is 1.29 bits per heavy atom. The minimum atomic E-state index is -4.55. The van der Waals surface area contributed by atoms with Crippen LogP contribution in [0.25, 0.3) is 0 Å². The van der Waals surface area contributed by atoms with Crippen molar-refractivity contribution in [1.82, 2.24) is 5.32 Å². The predicted molar refractivity (Wildman–Crippen MR) is 79.0 cm³/mol. The summed E-state index contributed by atoms with van der Waals surface area (Å²) in [5.41, 5.74) is -1.14. The van der Waals surface area contributed by atoms with Crippen molar-refractivity contribution >= 4 is 5.91 Å². The average molecular weight is 339 g/mol. The number of alkyl halides is 3. The number of amides is 1. The van der Waals surface area contributed by atoms with Gasteiger partial charge in [-0.25, -0.2) is 0 Å². The Balaban J connectivity index is 1.59. The number of aliphatic hydroxyl groups is 1. The minimum Gasteiger partial charge on any atom is -0.469 e. The molecule has 1 aromatic carbocycles. The average Bonchev–Trinajstić information content (AvgIpc) is 3.17. The van der Waals surface area contributed by atoms with Crippen molar-refractivity contribution in [3.63, 3.8) is 0 Å². The third-order valence-electron chi connectivity index (χ3n) is 4.13. The molecule has 4 nitrogen and oxygen atoms in total. The largest absolute Gasteiger partial charge is 0.469 e. The van der Waals surface area contributed by atoms with Gasteiger partial charge in [0.2, 0.25) is 5.91 Å². The molecule has 1 amide bonds. The van der Waals surface area contributed by atoms with Gasteiger partial charge in [-0.05, 0) is 30.2 Å². The van der Waals surface area contributed by atoms with E-state index >= 15 is 0 Å². The SMILES string of the molecule is O=C(NCC(O)c1ccccc1C(F)(F)F)C1CC1c1ccco1. The van der Waals surface area contributed by atoms with E-state index in [2.05, 4.69) is 5.32 Å². The Morgan fingerprint density at radius 3 is 2.71 bits per heavy atom. The van der Waals surface area contributed by atoms with Crippen LogP contribution in [0.3, 0.4) is 0 Å². The van der Waals surface area contributed by atoms with Gasteiger partial charge in [0.1, 0.15) is 5.76 Å². The number of halogens is 3. The minimum absolute atomic E-state index is 0.000366. The number of furan rings is 1. The monoisotopic (exact) mass is 339 g/mol. The van der Waals surface area contributed by atoms with Crippen LogP contribution >= 0.6 is 0 Å². The fourth-order valence-electron chi connectivity index (χ4n) is 2.79. The van der Waals surface area contributed by atoms with E-state index in [4.69, 9.17) is 4.42 Å². The van der Waals surface area contributed by atoms with Crippen LogP contribution in [0.15, 0.2) is 47.1 Å². The van der Waals surface area contributed by atoms with E-state index in [1.807, 2.05) is 0 Å². The highest BCUT2D eigenvalue weighted by atomic mass is 19.4. The highest BCUT2D eigenvalue weighted by Crippen LogP contribution is 2.47. The molecule has 24 heavy (non-hydrogen) atoms. The third kappa shape index (κ3) is 3.46. The summed E-state index contributed by atoms with van der Waals surface area (Å²) in [5.74, 6) is 0.166. The number of nitrogens with one attached hydrogen (secondary N) is 1. The number of rotatable bonds is 5. The molecule has 3 atom stereocenters. The number of benzene rings is 1. The van der Waals surface area contributed by atoms with Gasteiger partial charge in [0.15, 0.2) is 0 Å². The van der Waals surface area contributed by atoms with Crippen molar-refractivity contribution in [1.29, 1.82) is 0 Å². The molecule has 1 aliphatic rings. The van der Waals surface area contributed by atoms with E-state index < -0.39 is 17.8 Å². The van der Waals surface area contributed by atoms with Gasteiger partial charge in [-0.15, -0.1) is 0 Å². The molecule has 0 bridgehead atoms. The number of hydrogen-bond donors (Lipinski definition) is 2. The Hall–Kier alpha value is -2.28. The van der Waals surface area contributed by atoms with Gasteiger partial charge in [-0.3, -0.25) is 4.79 Å². The highest BCUT2D eigenvalue weighted by molar-refractivity contribution is 5.82. The zero-order valence-electron chi connectivity index (χ0n) is 12.6. The number of carbonyl (C=O) groups excluding carboxylic acids is 1. The second kappa shape index (κ2) is 6.32. The first-order chi connectivity index (χ1) is 11.4. The van der Waals surface area contributed by atoms with Crippen LogP contribution in [0.5, 0.6) is 0 Å². The van der Waals surface area contributed by atoms with E-state index in [0.717, 1.165) is 11.8 Å². The summed E-state index contributed by atoms with van der Waals surface area (Å²) in [5, 5.41) is 12.5. The summed E-state index contributed by atoms with van der Waals surface area (Å²) >= 11 is 0. The maximum atomic E-state index is 12.9. The fourth-order valence-corrected chi connectivity index (χ4v) is 2.79. The van der Waals surface area contributed by atoms with Crippen molar-refractivity contribution in [3.8, 4) is 0 Å². The smallest absolute Gasteiger partial charge is 0.416 e. The van der Waals surface area contributed by atoms with Gasteiger partial charge in [0, 0.05) is 18.4 Å². The van der Waals surface area contributed by atoms with E-state index in [9.17, 15) is 23.1 Å². The molecule has 2 N–H and O–H groups in total. The molecule has 1 aromatic heterocycles. The second-order valence-electron chi connectivity index (χ2n) is 5.81. The molecule has 0 saturated heterocycles. The molecule has 128 valence electrons. The van der Waals surface area contributed by atoms with Crippen molar-refractivity contribution < 1.29 is 27.5 Å². The first kappa shape index (κ1) is 16.6. The topological polar surface area (TPSA) is 62.5 Å². The van der Waals surface area contributed by atoms with E-state index in [1.165, 1.54) is 24.5 Å². The Labute approximate surface area is 136 Å². The zero-order chi connectivity index (χ0) is 17.3. The summed E-state index contributed by atoms with van der Waals surface area (Å²) < 4.78 is 44.1. The lowest BCUT2D eigenvalue weighted by molar-refractivity contribution is -0.139. The molecule has 1 aliphatic carbocycles. The van der Waals surface area contributed by atoms with Crippen LogP contribution in [0.2, 0.25) is 0 Å². The number of carbonyl (C=O) groups is 1. The number of hydrogen-bond acceptors (Lipinski definition) is 3. The van der Waals surface area contributed by atoms with E-state index in [1.54, 1.807) is 12.1 Å². The normalized spacial score (nSPS) is 21.3. The van der Waals surface area contributed by atoms with Crippen LogP contribution in [-0.4, -0.2) is 17.6 Å². The predicted octanol–water partition coefficient (Wildman–Crippen LogP) is 3.25. The van der Waals surface area contributed by atoms with Gasteiger partial charge in [-0.2, -0.15) is 13.2 Å². The molecule has 7 heteroatoms. The standard InChI is InChI=1S/C17H16F3NO3/c18-17(19,20)13-5-2-1-4-10(13)14(22)9-21-16(23)12-8-11(12)15-6-3-7-24-15/h1-7,11-12,14,22H,8-9H2,(H,21,23). The Kier molecular flexibility index (Phi) is 4.36. The lowest BCUT2D eigenvalue weighted by atomic mass is 10.0. The van der Waals surface area contributed by atoms with Gasteiger partial charge >= 0.3 is 6.18 Å². The van der Waals surface area contributed by atoms with Crippen LogP contribution in [-0.2, 0) is 11.0 Å². The molecule has 0 aliphatic heterocycles. The maximum absolute atomic E-state index is 12.9. The van der Waals surface area contributed by atoms with Gasteiger partial charge in [0.05, 0.1) is 17.9 Å². The van der Waals surface area contributed by atoms with Crippen molar-refractivity contribution in [2.75, 3.05) is 6.54 Å². The first-order valence-electron chi connectivity index (χ1n) is 7.53. The van der Waals surface area contributed by atoms with Crippen LogP contribution < -0.4 is 5.32 Å². The molecule has 0 spiro atoms. The summed E-state index contributed by atoms with van der Waals surface area (Å²) in [6.45, 7) is -0.271. The van der Waals surface area contributed by atoms with Gasteiger partial charge < -0.3 is 14.8 Å². The number of aliphatic hydroxyl groups excluding tert-OH is 1. The summed E-state index contributed by atoms with van der Waals surface area (Å²) in [4.78, 5) is 12.0. The second-order valence-corrected chi connectivity index (χ2v) is 5.81. The van der Waals surface area contributed by atoms with Gasteiger partial charge in [-0.1, -0.05) is 18.2 Å². The zero-order valence-corrected chi connectivity index (χ0v) is 12.6. The highest BCUT2D eigenvalue weighted by Gasteiger charge is 2.45. The van der Waals surface area contributed by atoms with Crippen LogP contribution in [0.4, 0.5) is 13.2 Å². The summed E-state index contributed by atoms with van der Waals surface area (Å²) in [7, 11) is 0. The van der Waals surface area contributed by atoms with Crippen LogP contribution in [0.1, 0.15) is 35.3 Å². The van der Waals surface area contributed by atoms with Crippen LogP contribution in [0, 0.1) is 5.92 Å². The molecule has 3 unspecified atom stereocenters. The van der Waals surface area contributed by atoms with Crippen molar-refractivity contribution in [3.05, 3.63) is 59.5 Å². The molecule has 1 saturated carbocycles. The molecule has 1 fully saturated rings. The Bertz CT molecular complexity index is 712. The molecule has 3 rings (SSSR count). The van der Waals surface area contributed by atoms with E-state index in [0.29, 0.717) is 6.42 Å². The quantitative estimate of drug-likeness (QED) is 0.879. The molecule has 0 radical (unpaired) electrons. The molecular formula is C17H16F3NO3. The third-order valence-corrected chi connectivity index (χ3v) is 4.13. The molecule has 1 heterocycles. The maximum Gasteiger partial charge on any atom is 0.416 e. The van der Waals surface area contributed by atoms with Gasteiger partial charge in [0.25, 0.3) is 0 Å². The lowest BCUT2D eigenvalue weighted by Gasteiger charge is -2.17. The molecular weight excluding hydrogens is 323 g/mol. The lowest BCUT2D eigenvalue weighted by Crippen LogP contribution is -2.30. The van der Waals surface area contributed by atoms with Crippen molar-refractivity contribution in [2.45, 2.75) is 24.6 Å².